The van der Waals surface area contributed by atoms with Crippen molar-refractivity contribution in [2.45, 2.75) is 37.5 Å². The number of hydrogen-bond donors (Lipinski definition) is 3. The van der Waals surface area contributed by atoms with Crippen LogP contribution in [-0.4, -0.2) is 15.8 Å². The van der Waals surface area contributed by atoms with E-state index < -0.39 is 22.6 Å². The molecule has 8 heteroatoms. The van der Waals surface area contributed by atoms with Crippen molar-refractivity contribution in [3.63, 3.8) is 0 Å². The molecule has 0 radical (unpaired) electrons. The summed E-state index contributed by atoms with van der Waals surface area (Å²) >= 11 is 4.48. The van der Waals surface area contributed by atoms with Gasteiger partial charge in [0.15, 0.2) is 12.4 Å². The van der Waals surface area contributed by atoms with Gasteiger partial charge < -0.3 is 10.4 Å². The van der Waals surface area contributed by atoms with Crippen LogP contribution in [0.15, 0.2) is 59.4 Å². The number of nitriles is 1. The summed E-state index contributed by atoms with van der Waals surface area (Å²) < 4.78 is 1.93. The van der Waals surface area contributed by atoms with Crippen LogP contribution in [0.5, 0.6) is 0 Å². The Morgan fingerprint density at radius 2 is 2.03 bits per heavy atom. The monoisotopic (exact) mass is 409 g/mol. The molecule has 0 unspecified atom stereocenters. The summed E-state index contributed by atoms with van der Waals surface area (Å²) in [4.78, 5) is 10.6. The minimum Gasteiger partial charge on any atom is -0.365 e. The molecule has 2 heterocycles. The molecule has 29 heavy (non-hydrogen) atoms. The number of aliphatic hydroxyl groups is 1. The molecule has 1 aliphatic carbocycles. The average molecular weight is 409 g/mol. The van der Waals surface area contributed by atoms with Gasteiger partial charge in [-0.1, -0.05) is 12.1 Å². The number of pyridine rings is 1. The van der Waals surface area contributed by atoms with E-state index in [9.17, 15) is 20.5 Å². The van der Waals surface area contributed by atoms with E-state index in [2.05, 4.69) is 24.0 Å². The molecule has 1 aromatic heterocycles. The Bertz CT molecular complexity index is 1040. The van der Waals surface area contributed by atoms with E-state index in [0.29, 0.717) is 10.6 Å². The van der Waals surface area contributed by atoms with Gasteiger partial charge in [-0.15, -0.1) is 12.6 Å². The van der Waals surface area contributed by atoms with Crippen molar-refractivity contribution in [2.75, 3.05) is 0 Å². The molecule has 2 aromatic rings. The van der Waals surface area contributed by atoms with Crippen molar-refractivity contribution >= 4 is 18.3 Å². The van der Waals surface area contributed by atoms with E-state index in [0.717, 1.165) is 24.0 Å². The molecule has 2 aliphatic rings. The fourth-order valence-corrected chi connectivity index (χ4v) is 4.59. The number of nitro groups is 1. The Morgan fingerprint density at radius 3 is 2.59 bits per heavy atom. The first-order valence-electron chi connectivity index (χ1n) is 9.40. The fourth-order valence-electron chi connectivity index (χ4n) is 4.22. The Kier molecular flexibility index (Phi) is 4.81. The first-order valence-corrected chi connectivity index (χ1v) is 9.85. The number of aryl methyl sites for hydroxylation is 1. The number of aromatic nitrogens is 1. The molecule has 148 valence electrons. The molecule has 1 aromatic carbocycles. The van der Waals surface area contributed by atoms with Crippen LogP contribution in [0.25, 0.3) is 0 Å². The topological polar surface area (TPSA) is 103 Å². The van der Waals surface area contributed by atoms with E-state index in [4.69, 9.17) is 0 Å². The highest BCUT2D eigenvalue weighted by atomic mass is 32.1. The molecule has 1 saturated carbocycles. The molecule has 1 fully saturated rings. The van der Waals surface area contributed by atoms with Gasteiger partial charge in [-0.05, 0) is 31.4 Å². The first-order chi connectivity index (χ1) is 13.8. The molecular formula is C21H21N4O3S+. The van der Waals surface area contributed by atoms with Crippen molar-refractivity contribution < 1.29 is 14.6 Å². The quantitative estimate of drug-likeness (QED) is 0.312. The summed E-state index contributed by atoms with van der Waals surface area (Å²) in [6.07, 6.45) is 5.57. The second-order valence-electron chi connectivity index (χ2n) is 7.70. The number of benzene rings is 1. The molecule has 1 aliphatic heterocycles. The van der Waals surface area contributed by atoms with Crippen molar-refractivity contribution in [1.29, 1.82) is 5.26 Å². The molecule has 0 bridgehead atoms. The van der Waals surface area contributed by atoms with Crippen LogP contribution in [0, 0.1) is 34.3 Å². The maximum Gasteiger partial charge on any atom is 0.269 e. The third-order valence-electron chi connectivity index (χ3n) is 5.73. The van der Waals surface area contributed by atoms with Crippen LogP contribution >= 0.6 is 12.6 Å². The lowest BCUT2D eigenvalue weighted by atomic mass is 9.76. The zero-order valence-corrected chi connectivity index (χ0v) is 16.7. The highest BCUT2D eigenvalue weighted by Crippen LogP contribution is 2.52. The van der Waals surface area contributed by atoms with Crippen molar-refractivity contribution in [2.24, 2.45) is 5.92 Å². The Balaban J connectivity index is 1.92. The Hall–Kier alpha value is -2.89. The Labute approximate surface area is 173 Å². The highest BCUT2D eigenvalue weighted by Gasteiger charge is 2.60. The van der Waals surface area contributed by atoms with E-state index in [1.165, 1.54) is 12.1 Å². The molecule has 0 amide bonds. The van der Waals surface area contributed by atoms with Gasteiger partial charge in [-0.2, -0.15) is 9.83 Å². The second kappa shape index (κ2) is 7.17. The van der Waals surface area contributed by atoms with Crippen LogP contribution in [0.1, 0.15) is 35.9 Å². The summed E-state index contributed by atoms with van der Waals surface area (Å²) in [7, 11) is 0. The van der Waals surface area contributed by atoms with E-state index in [1.54, 1.807) is 12.1 Å². The summed E-state index contributed by atoms with van der Waals surface area (Å²) in [6, 6.07) is 11.8. The van der Waals surface area contributed by atoms with E-state index in [1.807, 2.05) is 36.0 Å². The van der Waals surface area contributed by atoms with Crippen molar-refractivity contribution in [3.05, 3.63) is 80.6 Å². The third kappa shape index (κ3) is 3.37. The summed E-state index contributed by atoms with van der Waals surface area (Å²) in [6.45, 7) is 1.97. The molecular weight excluding hydrogens is 388 g/mol. The fraction of sp³-hybridized carbons (Fsp3) is 0.333. The number of nitrogens with zero attached hydrogens (tertiary/aromatic N) is 3. The predicted molar refractivity (Wildman–Crippen MR) is 109 cm³/mol. The number of thiol groups is 1. The first kappa shape index (κ1) is 19.4. The van der Waals surface area contributed by atoms with Gasteiger partial charge in [0.2, 0.25) is 11.8 Å². The van der Waals surface area contributed by atoms with Crippen LogP contribution in [0.2, 0.25) is 0 Å². The van der Waals surface area contributed by atoms with E-state index in [-0.39, 0.29) is 11.6 Å². The van der Waals surface area contributed by atoms with Crippen LogP contribution in [0.4, 0.5) is 5.69 Å². The van der Waals surface area contributed by atoms with Crippen LogP contribution < -0.4 is 9.88 Å². The number of nitro benzene ring substituents is 1. The van der Waals surface area contributed by atoms with Crippen molar-refractivity contribution in [3.8, 4) is 6.07 Å². The lowest BCUT2D eigenvalue weighted by Gasteiger charge is -2.42. The zero-order chi connectivity index (χ0) is 20.8. The number of rotatable bonds is 4. The third-order valence-corrected chi connectivity index (χ3v) is 6.08. The molecule has 3 atom stereocenters. The van der Waals surface area contributed by atoms with Gasteiger partial charge in [-0.3, -0.25) is 10.1 Å². The van der Waals surface area contributed by atoms with Gasteiger partial charge in [0.1, 0.15) is 0 Å². The lowest BCUT2D eigenvalue weighted by molar-refractivity contribution is -0.742. The number of allylic oxidation sites excluding steroid dienone is 1. The SMILES string of the molecule is Cc1ccc[n+]([C@@H]2[C@H](c3ccc([N+](=O)[O-])cc3)C(C#N)=C(S)N[C@]2(O)C2CC2)c1. The van der Waals surface area contributed by atoms with Crippen LogP contribution in [-0.2, 0) is 0 Å². The number of non-ortho nitro benzene ring substituents is 1. The minimum atomic E-state index is -1.29. The van der Waals surface area contributed by atoms with Gasteiger partial charge in [-0.25, -0.2) is 0 Å². The van der Waals surface area contributed by atoms with Crippen molar-refractivity contribution in [1.82, 2.24) is 5.32 Å². The molecule has 7 nitrogen and oxygen atoms in total. The lowest BCUT2D eigenvalue weighted by Crippen LogP contribution is -2.65. The van der Waals surface area contributed by atoms with E-state index >= 15 is 0 Å². The minimum absolute atomic E-state index is 0.0199. The molecule has 2 N–H and O–H groups in total. The largest absolute Gasteiger partial charge is 0.365 e. The van der Waals surface area contributed by atoms with Gasteiger partial charge in [0.05, 0.1) is 27.5 Å². The normalized spacial score (nSPS) is 26.6. The number of nitrogens with one attached hydrogen (secondary N) is 1. The maximum atomic E-state index is 11.7. The zero-order valence-electron chi connectivity index (χ0n) is 15.8. The second-order valence-corrected chi connectivity index (χ2v) is 8.15. The molecule has 0 spiro atoms. The molecule has 0 saturated heterocycles. The smallest absolute Gasteiger partial charge is 0.269 e. The molecule has 4 rings (SSSR count). The van der Waals surface area contributed by atoms with Crippen LogP contribution in [0.3, 0.4) is 0 Å². The standard InChI is InChI=1S/C21H20N4O3S/c1-13-3-2-10-24(12-13)19-18(14-4-8-16(9-5-14)25(27)28)17(11-22)20(29)23-21(19,26)15-6-7-15/h2-5,8-10,12,15,18-19,23,26H,6-7H2,1H3/p+1/t18-,19-,21+/m1/s1. The summed E-state index contributed by atoms with van der Waals surface area (Å²) in [5, 5.41) is 36.1. The highest BCUT2D eigenvalue weighted by molar-refractivity contribution is 7.84. The summed E-state index contributed by atoms with van der Waals surface area (Å²) in [5.41, 5.74) is 0.827. The summed E-state index contributed by atoms with van der Waals surface area (Å²) in [5.74, 6) is -0.476. The Morgan fingerprint density at radius 1 is 1.34 bits per heavy atom. The van der Waals surface area contributed by atoms with Gasteiger partial charge in [0.25, 0.3) is 5.69 Å². The maximum absolute atomic E-state index is 11.7. The van der Waals surface area contributed by atoms with Gasteiger partial charge in [0, 0.05) is 29.7 Å². The van der Waals surface area contributed by atoms with Gasteiger partial charge >= 0.3 is 0 Å². The average Bonchev–Trinajstić information content (AvgIpc) is 3.53. The number of hydrogen-bond acceptors (Lipinski definition) is 6. The predicted octanol–water partition coefficient (Wildman–Crippen LogP) is 2.88.